The van der Waals surface area contributed by atoms with Crippen molar-refractivity contribution in [2.75, 3.05) is 0 Å². The number of benzene rings is 1. The zero-order chi connectivity index (χ0) is 13.5. The summed E-state index contributed by atoms with van der Waals surface area (Å²) in [6.45, 7) is 0. The summed E-state index contributed by atoms with van der Waals surface area (Å²) in [6, 6.07) is 11.3. The Kier molecular flexibility index (Phi) is 2.40. The SMILES string of the molecule is O=c1c(-c2ccc3ncsc3c2)cnc2ccccn12. The summed E-state index contributed by atoms with van der Waals surface area (Å²) in [5, 5.41) is 0. The highest BCUT2D eigenvalue weighted by Gasteiger charge is 2.08. The molecule has 4 rings (SSSR count). The van der Waals surface area contributed by atoms with E-state index in [1.54, 1.807) is 33.6 Å². The van der Waals surface area contributed by atoms with Gasteiger partial charge in [-0.05, 0) is 29.8 Å². The summed E-state index contributed by atoms with van der Waals surface area (Å²) in [5.74, 6) is 0. The standard InChI is InChI=1S/C15H9N3OS/c19-15-11(8-16-14-3-1-2-6-18(14)15)10-4-5-12-13(7-10)20-9-17-12/h1-9H. The van der Waals surface area contributed by atoms with Gasteiger partial charge in [-0.25, -0.2) is 9.97 Å². The lowest BCUT2D eigenvalue weighted by atomic mass is 10.1. The van der Waals surface area contributed by atoms with E-state index in [4.69, 9.17) is 0 Å². The molecule has 0 aliphatic carbocycles. The maximum atomic E-state index is 12.5. The first kappa shape index (κ1) is 11.3. The third-order valence-corrected chi connectivity index (χ3v) is 4.05. The lowest BCUT2D eigenvalue weighted by Crippen LogP contribution is -2.16. The van der Waals surface area contributed by atoms with Crippen LogP contribution in [0.5, 0.6) is 0 Å². The van der Waals surface area contributed by atoms with Gasteiger partial charge in [-0.1, -0.05) is 12.1 Å². The first-order chi connectivity index (χ1) is 9.83. The van der Waals surface area contributed by atoms with E-state index in [0.29, 0.717) is 11.2 Å². The van der Waals surface area contributed by atoms with Gasteiger partial charge in [-0.15, -0.1) is 11.3 Å². The molecule has 0 aliphatic heterocycles. The van der Waals surface area contributed by atoms with Crippen molar-refractivity contribution in [2.24, 2.45) is 0 Å². The highest BCUT2D eigenvalue weighted by atomic mass is 32.1. The van der Waals surface area contributed by atoms with Crippen LogP contribution in [0.3, 0.4) is 0 Å². The summed E-state index contributed by atoms with van der Waals surface area (Å²) in [5.41, 5.74) is 4.83. The second kappa shape index (κ2) is 4.25. The average molecular weight is 279 g/mol. The maximum absolute atomic E-state index is 12.5. The van der Waals surface area contributed by atoms with E-state index < -0.39 is 0 Å². The molecule has 5 heteroatoms. The van der Waals surface area contributed by atoms with E-state index in [1.165, 1.54) is 0 Å². The third kappa shape index (κ3) is 1.64. The molecule has 0 atom stereocenters. The van der Waals surface area contributed by atoms with Crippen LogP contribution in [0.1, 0.15) is 0 Å². The minimum Gasteiger partial charge on any atom is -0.268 e. The largest absolute Gasteiger partial charge is 0.268 e. The van der Waals surface area contributed by atoms with Gasteiger partial charge in [-0.2, -0.15) is 0 Å². The molecule has 0 saturated carbocycles. The van der Waals surface area contributed by atoms with Crippen LogP contribution in [0.25, 0.3) is 27.0 Å². The number of nitrogens with zero attached hydrogens (tertiary/aromatic N) is 3. The first-order valence-corrected chi connectivity index (χ1v) is 7.01. The minimum absolute atomic E-state index is 0.0561. The fraction of sp³-hybridized carbons (Fsp3) is 0. The van der Waals surface area contributed by atoms with Crippen molar-refractivity contribution < 1.29 is 0 Å². The minimum atomic E-state index is -0.0561. The van der Waals surface area contributed by atoms with E-state index in [0.717, 1.165) is 15.8 Å². The molecule has 0 aliphatic rings. The lowest BCUT2D eigenvalue weighted by molar-refractivity contribution is 1.05. The third-order valence-electron chi connectivity index (χ3n) is 3.26. The normalized spacial score (nSPS) is 11.2. The molecule has 0 unspecified atom stereocenters. The Morgan fingerprint density at radius 2 is 2.05 bits per heavy atom. The molecule has 3 aromatic heterocycles. The topological polar surface area (TPSA) is 47.3 Å². The molecule has 0 spiro atoms. The fourth-order valence-electron chi connectivity index (χ4n) is 2.25. The molecule has 4 nitrogen and oxygen atoms in total. The maximum Gasteiger partial charge on any atom is 0.265 e. The average Bonchev–Trinajstić information content (AvgIpc) is 2.95. The van der Waals surface area contributed by atoms with Crippen molar-refractivity contribution in [3.8, 4) is 11.1 Å². The quantitative estimate of drug-likeness (QED) is 0.538. The summed E-state index contributed by atoms with van der Waals surface area (Å²) in [6.07, 6.45) is 3.37. The number of pyridine rings is 1. The van der Waals surface area contributed by atoms with Crippen LogP contribution in [-0.4, -0.2) is 14.4 Å². The van der Waals surface area contributed by atoms with Gasteiger partial charge in [0.2, 0.25) is 0 Å². The van der Waals surface area contributed by atoms with Gasteiger partial charge in [0.05, 0.1) is 21.3 Å². The van der Waals surface area contributed by atoms with Gasteiger partial charge in [0, 0.05) is 12.4 Å². The molecule has 0 radical (unpaired) electrons. The van der Waals surface area contributed by atoms with Crippen LogP contribution in [0.4, 0.5) is 0 Å². The molecular formula is C15H9N3OS. The highest BCUT2D eigenvalue weighted by molar-refractivity contribution is 7.16. The Labute approximate surface area is 118 Å². The zero-order valence-electron chi connectivity index (χ0n) is 10.4. The van der Waals surface area contributed by atoms with E-state index in [2.05, 4.69) is 9.97 Å². The molecule has 0 N–H and O–H groups in total. The second-order valence-corrected chi connectivity index (χ2v) is 5.33. The molecule has 20 heavy (non-hydrogen) atoms. The number of hydrogen-bond acceptors (Lipinski definition) is 4. The van der Waals surface area contributed by atoms with E-state index >= 15 is 0 Å². The van der Waals surface area contributed by atoms with Crippen LogP contribution in [-0.2, 0) is 0 Å². The predicted molar refractivity (Wildman–Crippen MR) is 80.1 cm³/mol. The van der Waals surface area contributed by atoms with Gasteiger partial charge in [0.15, 0.2) is 0 Å². The molecule has 0 amide bonds. The molecule has 3 heterocycles. The summed E-state index contributed by atoms with van der Waals surface area (Å²) in [4.78, 5) is 21.1. The van der Waals surface area contributed by atoms with E-state index in [-0.39, 0.29) is 5.56 Å². The monoisotopic (exact) mass is 279 g/mol. The predicted octanol–water partition coefficient (Wildman–Crippen LogP) is 2.97. The molecule has 0 bridgehead atoms. The Morgan fingerprint density at radius 3 is 3.00 bits per heavy atom. The van der Waals surface area contributed by atoms with Gasteiger partial charge in [-0.3, -0.25) is 9.20 Å². The number of rotatable bonds is 1. The van der Waals surface area contributed by atoms with Crippen molar-refractivity contribution in [1.29, 1.82) is 0 Å². The van der Waals surface area contributed by atoms with Crippen LogP contribution in [0.15, 0.2) is 59.1 Å². The van der Waals surface area contributed by atoms with Gasteiger partial charge in [0.1, 0.15) is 5.65 Å². The smallest absolute Gasteiger partial charge is 0.265 e. The Morgan fingerprint density at radius 1 is 1.10 bits per heavy atom. The zero-order valence-corrected chi connectivity index (χ0v) is 11.2. The van der Waals surface area contributed by atoms with Crippen molar-refractivity contribution in [3.05, 3.63) is 64.7 Å². The number of hydrogen-bond donors (Lipinski definition) is 0. The van der Waals surface area contributed by atoms with Gasteiger partial charge < -0.3 is 0 Å². The second-order valence-electron chi connectivity index (χ2n) is 4.44. The number of fused-ring (bicyclic) bond motifs is 2. The van der Waals surface area contributed by atoms with Crippen LogP contribution in [0.2, 0.25) is 0 Å². The molecule has 0 fully saturated rings. The number of aromatic nitrogens is 3. The van der Waals surface area contributed by atoms with Crippen molar-refractivity contribution in [3.63, 3.8) is 0 Å². The summed E-state index contributed by atoms with van der Waals surface area (Å²) in [7, 11) is 0. The Hall–Kier alpha value is -2.53. The van der Waals surface area contributed by atoms with Crippen molar-refractivity contribution in [2.45, 2.75) is 0 Å². The van der Waals surface area contributed by atoms with E-state index in [9.17, 15) is 4.79 Å². The van der Waals surface area contributed by atoms with Gasteiger partial charge >= 0.3 is 0 Å². The molecule has 96 valence electrons. The van der Waals surface area contributed by atoms with Crippen LogP contribution < -0.4 is 5.56 Å². The van der Waals surface area contributed by atoms with Crippen LogP contribution >= 0.6 is 11.3 Å². The molecule has 1 aromatic carbocycles. The Bertz CT molecular complexity index is 987. The van der Waals surface area contributed by atoms with Crippen molar-refractivity contribution in [1.82, 2.24) is 14.4 Å². The van der Waals surface area contributed by atoms with Crippen molar-refractivity contribution >= 4 is 27.2 Å². The Balaban J connectivity index is 2.01. The van der Waals surface area contributed by atoms with E-state index in [1.807, 2.05) is 36.4 Å². The fourth-order valence-corrected chi connectivity index (χ4v) is 2.96. The highest BCUT2D eigenvalue weighted by Crippen LogP contribution is 2.24. The lowest BCUT2D eigenvalue weighted by Gasteiger charge is -2.04. The molecule has 0 saturated heterocycles. The summed E-state index contributed by atoms with van der Waals surface area (Å²) >= 11 is 1.57. The summed E-state index contributed by atoms with van der Waals surface area (Å²) < 4.78 is 2.63. The molecule has 4 aromatic rings. The number of thiazole rings is 1. The molecular weight excluding hydrogens is 270 g/mol. The van der Waals surface area contributed by atoms with Crippen LogP contribution in [0, 0.1) is 0 Å². The van der Waals surface area contributed by atoms with Gasteiger partial charge in [0.25, 0.3) is 5.56 Å². The first-order valence-electron chi connectivity index (χ1n) is 6.13.